The van der Waals surface area contributed by atoms with Crippen LogP contribution in [-0.2, 0) is 22.5 Å². The second kappa shape index (κ2) is 11.3. The van der Waals surface area contributed by atoms with Crippen molar-refractivity contribution in [1.29, 1.82) is 0 Å². The number of hydrogen-bond acceptors (Lipinski definition) is 8. The molecular formula is C32H32FN5O6. The van der Waals surface area contributed by atoms with Gasteiger partial charge in [0.25, 0.3) is 0 Å². The molecule has 3 N–H and O–H groups in total. The van der Waals surface area contributed by atoms with Gasteiger partial charge in [-0.15, -0.1) is 0 Å². The fourth-order valence-corrected chi connectivity index (χ4v) is 5.46. The number of aromatic nitrogens is 2. The summed E-state index contributed by atoms with van der Waals surface area (Å²) in [6, 6.07) is 9.43. The minimum atomic E-state index is -1.17. The van der Waals surface area contributed by atoms with Gasteiger partial charge < -0.3 is 24.6 Å². The van der Waals surface area contributed by atoms with E-state index in [2.05, 4.69) is 26.7 Å². The van der Waals surface area contributed by atoms with E-state index < -0.39 is 23.6 Å². The van der Waals surface area contributed by atoms with Crippen LogP contribution in [0.4, 0.5) is 36.9 Å². The Kier molecular flexibility index (Phi) is 7.46. The number of hydrogen-bond donors (Lipinski definition) is 3. The van der Waals surface area contributed by atoms with E-state index >= 15 is 4.39 Å². The molecule has 0 atom stereocenters. The molecular weight excluding hydrogens is 569 g/mol. The van der Waals surface area contributed by atoms with Crippen LogP contribution in [-0.4, -0.2) is 52.6 Å². The third kappa shape index (κ3) is 5.68. The van der Waals surface area contributed by atoms with Gasteiger partial charge in [0.1, 0.15) is 23.7 Å². The second-order valence-corrected chi connectivity index (χ2v) is 11.7. The molecule has 0 unspecified atom stereocenters. The summed E-state index contributed by atoms with van der Waals surface area (Å²) < 4.78 is 33.0. The van der Waals surface area contributed by atoms with Gasteiger partial charge in [-0.2, -0.15) is 0 Å². The summed E-state index contributed by atoms with van der Waals surface area (Å²) in [4.78, 5) is 34.8. The molecule has 44 heavy (non-hydrogen) atoms. The molecule has 4 heterocycles. The first-order chi connectivity index (χ1) is 21.0. The average molecular weight is 602 g/mol. The van der Waals surface area contributed by atoms with Crippen molar-refractivity contribution in [3.63, 3.8) is 0 Å². The van der Waals surface area contributed by atoms with Crippen molar-refractivity contribution in [3.8, 4) is 17.0 Å². The largest absolute Gasteiger partial charge is 0.474 e. The van der Waals surface area contributed by atoms with E-state index in [0.717, 1.165) is 22.6 Å². The van der Waals surface area contributed by atoms with Crippen molar-refractivity contribution in [2.75, 3.05) is 35.3 Å². The van der Waals surface area contributed by atoms with Gasteiger partial charge in [0, 0.05) is 34.6 Å². The van der Waals surface area contributed by atoms with Gasteiger partial charge in [0.15, 0.2) is 5.82 Å². The van der Waals surface area contributed by atoms with Crippen LogP contribution in [0.25, 0.3) is 21.9 Å². The summed E-state index contributed by atoms with van der Waals surface area (Å²) >= 11 is 0. The maximum Gasteiger partial charge on any atom is 0.412 e. The Labute approximate surface area is 253 Å². The lowest BCUT2D eigenvalue weighted by Crippen LogP contribution is -2.37. The summed E-state index contributed by atoms with van der Waals surface area (Å²) in [5.41, 5.74) is 3.38. The molecule has 2 aromatic carbocycles. The summed E-state index contributed by atoms with van der Waals surface area (Å²) in [7, 11) is 0. The number of anilines is 4. The summed E-state index contributed by atoms with van der Waals surface area (Å²) in [5.74, 6) is -0.0935. The molecule has 6 rings (SSSR count). The van der Waals surface area contributed by atoms with Gasteiger partial charge in [-0.05, 0) is 80.5 Å². The molecule has 2 aliphatic heterocycles. The smallest absolute Gasteiger partial charge is 0.412 e. The number of fused-ring (bicyclic) bond motifs is 3. The van der Waals surface area contributed by atoms with Crippen LogP contribution in [0.5, 0.6) is 5.88 Å². The van der Waals surface area contributed by atoms with Crippen molar-refractivity contribution in [2.24, 2.45) is 0 Å². The van der Waals surface area contributed by atoms with Crippen LogP contribution >= 0.6 is 0 Å². The quantitative estimate of drug-likeness (QED) is 0.231. The van der Waals surface area contributed by atoms with E-state index in [4.69, 9.17) is 14.2 Å². The lowest BCUT2D eigenvalue weighted by Gasteiger charge is -2.29. The molecule has 2 aliphatic rings. The highest BCUT2D eigenvalue weighted by molar-refractivity contribution is 6.04. The number of rotatable bonds is 4. The van der Waals surface area contributed by atoms with Crippen molar-refractivity contribution < 1.29 is 33.3 Å². The minimum Gasteiger partial charge on any atom is -0.474 e. The molecule has 4 aromatic rings. The highest BCUT2D eigenvalue weighted by Gasteiger charge is 2.30. The first kappa shape index (κ1) is 29.1. The maximum atomic E-state index is 16.4. The average Bonchev–Trinajstić information content (AvgIpc) is 2.97. The van der Waals surface area contributed by atoms with E-state index in [0.29, 0.717) is 40.9 Å². The summed E-state index contributed by atoms with van der Waals surface area (Å²) in [6.07, 6.45) is 1.78. The van der Waals surface area contributed by atoms with Crippen molar-refractivity contribution >= 4 is 45.8 Å². The number of nitrogens with one attached hydrogen (secondary N) is 2. The molecule has 228 valence electrons. The third-order valence-corrected chi connectivity index (χ3v) is 7.46. The van der Waals surface area contributed by atoms with Gasteiger partial charge in [0.2, 0.25) is 5.88 Å². The predicted molar refractivity (Wildman–Crippen MR) is 163 cm³/mol. The first-order valence-electron chi connectivity index (χ1n) is 14.2. The first-order valence-corrected chi connectivity index (χ1v) is 14.2. The number of carbonyl (C=O) groups excluding carboxylic acids is 1. The van der Waals surface area contributed by atoms with Crippen molar-refractivity contribution in [2.45, 2.75) is 46.3 Å². The molecule has 0 aliphatic carbocycles. The molecule has 2 amide bonds. The Morgan fingerprint density at radius 1 is 1.07 bits per heavy atom. The van der Waals surface area contributed by atoms with Gasteiger partial charge >= 0.3 is 12.2 Å². The van der Waals surface area contributed by atoms with E-state index in [1.165, 1.54) is 18.0 Å². The fourth-order valence-electron chi connectivity index (χ4n) is 5.46. The SMILES string of the molecule is Cc1c(-c2cc3cc(Nc4ccc5c(c4)COCC5)ncc3c(NC(=O)OC(C)(C)C)c2F)cnc2c1N(C(=O)O)CCO2. The highest BCUT2D eigenvalue weighted by atomic mass is 19.1. The number of carbonyl (C=O) groups is 2. The minimum absolute atomic E-state index is 0.107. The number of amides is 2. The predicted octanol–water partition coefficient (Wildman–Crippen LogP) is 6.78. The van der Waals surface area contributed by atoms with Crippen LogP contribution in [0.3, 0.4) is 0 Å². The Hall–Kier alpha value is -4.97. The lowest BCUT2D eigenvalue weighted by atomic mass is 9.96. The molecule has 0 saturated carbocycles. The second-order valence-electron chi connectivity index (χ2n) is 11.7. The number of nitrogens with zero attached hydrogens (tertiary/aromatic N) is 3. The van der Waals surface area contributed by atoms with Crippen molar-refractivity contribution in [1.82, 2.24) is 9.97 Å². The zero-order valence-corrected chi connectivity index (χ0v) is 24.8. The van der Waals surface area contributed by atoms with Gasteiger partial charge in [-0.1, -0.05) is 6.07 Å². The van der Waals surface area contributed by atoms with Crippen molar-refractivity contribution in [3.05, 3.63) is 65.2 Å². The molecule has 0 bridgehead atoms. The fraction of sp³-hybridized carbons (Fsp3) is 0.312. The third-order valence-electron chi connectivity index (χ3n) is 7.46. The summed E-state index contributed by atoms with van der Waals surface area (Å²) in [5, 5.41) is 16.6. The van der Waals surface area contributed by atoms with Crippen LogP contribution in [0, 0.1) is 12.7 Å². The van der Waals surface area contributed by atoms with Crippen LogP contribution in [0.15, 0.2) is 42.7 Å². The van der Waals surface area contributed by atoms with E-state index in [1.807, 2.05) is 12.1 Å². The van der Waals surface area contributed by atoms with E-state index in [-0.39, 0.29) is 36.0 Å². The van der Waals surface area contributed by atoms with Gasteiger partial charge in [-0.25, -0.2) is 23.9 Å². The Morgan fingerprint density at radius 2 is 1.89 bits per heavy atom. The number of halogens is 1. The lowest BCUT2D eigenvalue weighted by molar-refractivity contribution is 0.0635. The molecule has 0 fully saturated rings. The van der Waals surface area contributed by atoms with Crippen LogP contribution in [0.1, 0.15) is 37.5 Å². The molecule has 0 radical (unpaired) electrons. The maximum absolute atomic E-state index is 16.4. The topological polar surface area (TPSA) is 135 Å². The molecule has 12 heteroatoms. The van der Waals surface area contributed by atoms with Crippen LogP contribution < -0.4 is 20.3 Å². The normalized spacial score (nSPS) is 14.3. The molecule has 0 saturated heterocycles. The zero-order chi connectivity index (χ0) is 31.2. The Balaban J connectivity index is 1.47. The number of carboxylic acid groups (broad SMARTS) is 1. The van der Waals surface area contributed by atoms with Crippen LogP contribution in [0.2, 0.25) is 0 Å². The molecule has 2 aromatic heterocycles. The monoisotopic (exact) mass is 601 g/mol. The Morgan fingerprint density at radius 3 is 2.66 bits per heavy atom. The number of benzene rings is 2. The van der Waals surface area contributed by atoms with Gasteiger partial charge in [-0.3, -0.25) is 10.2 Å². The van der Waals surface area contributed by atoms with E-state index in [1.54, 1.807) is 39.8 Å². The zero-order valence-electron chi connectivity index (χ0n) is 24.8. The summed E-state index contributed by atoms with van der Waals surface area (Å²) in [6.45, 7) is 8.31. The molecule has 0 spiro atoms. The van der Waals surface area contributed by atoms with E-state index in [9.17, 15) is 14.7 Å². The standard InChI is InChI=1S/C32H32FN5O6/c1-17-23(14-35-29-28(17)38(31(40)41)8-10-43-29)22-12-19-13-25(36-21-6-5-18-7-9-42-16-20(18)11-21)34-15-24(19)27(26(22)33)37-30(39)44-32(2,3)4/h5-6,11-15H,7-10,16H2,1-4H3,(H,34,36)(H,37,39)(H,40,41). The molecule has 11 nitrogen and oxygen atoms in total. The number of ether oxygens (including phenoxy) is 3. The Bertz CT molecular complexity index is 1800. The highest BCUT2D eigenvalue weighted by Crippen LogP contribution is 2.42. The van der Waals surface area contributed by atoms with Gasteiger partial charge in [0.05, 0.1) is 25.4 Å². The number of pyridine rings is 2.